The minimum atomic E-state index is -0.629. The first-order valence-corrected chi connectivity index (χ1v) is 15.5. The van der Waals surface area contributed by atoms with Crippen LogP contribution in [0.1, 0.15) is 65.2 Å². The molecule has 4 aromatic carbocycles. The van der Waals surface area contributed by atoms with Crippen molar-refractivity contribution in [3.05, 3.63) is 143 Å². The highest BCUT2D eigenvalue weighted by molar-refractivity contribution is 5.73. The normalized spacial score (nSPS) is 19.5. The molecule has 4 N–H and O–H groups in total. The number of benzene rings is 4. The van der Waals surface area contributed by atoms with Crippen LogP contribution < -0.4 is 10.6 Å². The van der Waals surface area contributed by atoms with Crippen LogP contribution in [0.15, 0.2) is 109 Å². The van der Waals surface area contributed by atoms with E-state index < -0.39 is 12.4 Å². The summed E-state index contributed by atoms with van der Waals surface area (Å²) in [6.07, 6.45) is -0.941. The van der Waals surface area contributed by atoms with E-state index in [2.05, 4.69) is 15.5 Å². The highest BCUT2D eigenvalue weighted by Crippen LogP contribution is 2.38. The molecule has 0 saturated carbocycles. The Morgan fingerprint density at radius 2 is 1.36 bits per heavy atom. The zero-order chi connectivity index (χ0) is 31.6. The Hall–Kier alpha value is -4.05. The Bertz CT molecular complexity index is 1470. The molecule has 1 aliphatic rings. The maximum Gasteiger partial charge on any atom is 0.315 e. The first-order valence-electron chi connectivity index (χ1n) is 15.5. The van der Waals surface area contributed by atoms with E-state index in [1.165, 1.54) is 0 Å². The van der Waals surface area contributed by atoms with Gasteiger partial charge >= 0.3 is 6.03 Å². The third kappa shape index (κ3) is 9.00. The van der Waals surface area contributed by atoms with Crippen LogP contribution in [0.25, 0.3) is 0 Å². The summed E-state index contributed by atoms with van der Waals surface area (Å²) in [5.74, 6) is 0. The number of carbonyl (C=O) groups is 1. The number of aliphatic hydroxyl groups excluding tert-OH is 2. The number of nitrogens with one attached hydrogen (secondary N) is 2. The first kappa shape index (κ1) is 32.3. The molecule has 45 heavy (non-hydrogen) atoms. The fraction of sp³-hybridized carbons (Fsp3) is 0.324. The molecule has 2 amide bonds. The minimum absolute atomic E-state index is 0.0114. The molecule has 0 aromatic heterocycles. The molecule has 8 heteroatoms. The molecule has 5 atom stereocenters. The van der Waals surface area contributed by atoms with Crippen LogP contribution in [0.4, 0.5) is 4.79 Å². The van der Waals surface area contributed by atoms with Gasteiger partial charge in [0.25, 0.3) is 0 Å². The monoisotopic (exact) mass is 609 g/mol. The van der Waals surface area contributed by atoms with Gasteiger partial charge in [-0.2, -0.15) is 0 Å². The quantitative estimate of drug-likeness (QED) is 0.163. The number of hydrogen-bond acceptors (Lipinski definition) is 6. The van der Waals surface area contributed by atoms with E-state index in [4.69, 9.17) is 9.47 Å². The Morgan fingerprint density at radius 3 is 1.98 bits per heavy atom. The van der Waals surface area contributed by atoms with Crippen molar-refractivity contribution in [1.29, 1.82) is 0 Å². The topological polar surface area (TPSA) is 103 Å². The molecule has 0 bridgehead atoms. The van der Waals surface area contributed by atoms with Crippen molar-refractivity contribution in [2.75, 3.05) is 13.6 Å². The van der Waals surface area contributed by atoms with Gasteiger partial charge in [-0.3, -0.25) is 4.90 Å². The van der Waals surface area contributed by atoms with Gasteiger partial charge in [-0.15, -0.1) is 0 Å². The number of carbonyl (C=O) groups excluding carboxylic acids is 1. The predicted octanol–water partition coefficient (Wildman–Crippen LogP) is 5.78. The third-order valence-corrected chi connectivity index (χ3v) is 8.40. The molecule has 236 valence electrons. The number of likely N-dealkylation sites (N-methyl/N-ethyl adjacent to an activating group) is 1. The molecule has 8 nitrogen and oxygen atoms in total. The lowest BCUT2D eigenvalue weighted by Gasteiger charge is -2.39. The second kappa shape index (κ2) is 15.8. The predicted molar refractivity (Wildman–Crippen MR) is 174 cm³/mol. The summed E-state index contributed by atoms with van der Waals surface area (Å²) in [7, 11) is 2.01. The van der Waals surface area contributed by atoms with Gasteiger partial charge in [0.05, 0.1) is 24.9 Å². The molecule has 1 fully saturated rings. The molecule has 5 unspecified atom stereocenters. The molecule has 1 aliphatic heterocycles. The number of urea groups is 1. The molecule has 0 spiro atoms. The van der Waals surface area contributed by atoms with E-state index in [1.54, 1.807) is 0 Å². The number of amides is 2. The van der Waals surface area contributed by atoms with Gasteiger partial charge in [0.1, 0.15) is 0 Å². The average molecular weight is 610 g/mol. The summed E-state index contributed by atoms with van der Waals surface area (Å²) >= 11 is 0. The molecular weight excluding hydrogens is 566 g/mol. The zero-order valence-electron chi connectivity index (χ0n) is 25.9. The average Bonchev–Trinajstić information content (AvgIpc) is 3.10. The summed E-state index contributed by atoms with van der Waals surface area (Å²) in [4.78, 5) is 14.4. The highest BCUT2D eigenvalue weighted by Gasteiger charge is 2.34. The fourth-order valence-electron chi connectivity index (χ4n) is 5.51. The van der Waals surface area contributed by atoms with Crippen molar-refractivity contribution in [3.63, 3.8) is 0 Å². The van der Waals surface area contributed by atoms with Crippen molar-refractivity contribution >= 4 is 6.03 Å². The van der Waals surface area contributed by atoms with E-state index in [1.807, 2.05) is 123 Å². The molecule has 4 aromatic rings. The first-order chi connectivity index (χ1) is 21.9. The number of rotatable bonds is 12. The van der Waals surface area contributed by atoms with Gasteiger partial charge in [-0.05, 0) is 41.8 Å². The lowest BCUT2D eigenvalue weighted by atomic mass is 9.98. The standard InChI is InChI=1S/C37H43N3O5/c1-26(35(42)31-11-7-4-8-12-31)40(2)24-33-21-34(30-17-15-29(25-41)16-18-30)45-36(44-33)32-19-13-28(14-20-32)23-39-37(43)38-22-27-9-5-3-6-10-27/h3-20,26,33-36,41-42H,21-25H2,1-2H3,(H2,38,39,43). The maximum absolute atomic E-state index is 12.3. The lowest BCUT2D eigenvalue weighted by Crippen LogP contribution is -2.43. The number of nitrogens with zero attached hydrogens (tertiary/aromatic N) is 1. The summed E-state index contributed by atoms with van der Waals surface area (Å²) in [5.41, 5.74) is 5.63. The summed E-state index contributed by atoms with van der Waals surface area (Å²) < 4.78 is 13.0. The number of ether oxygens (including phenoxy) is 2. The van der Waals surface area contributed by atoms with Crippen molar-refractivity contribution in [3.8, 4) is 0 Å². The van der Waals surface area contributed by atoms with Gasteiger partial charge in [0.15, 0.2) is 6.29 Å². The molecule has 0 radical (unpaired) electrons. The molecule has 1 heterocycles. The third-order valence-electron chi connectivity index (χ3n) is 8.40. The minimum Gasteiger partial charge on any atom is -0.392 e. The fourth-order valence-corrected chi connectivity index (χ4v) is 5.51. The highest BCUT2D eigenvalue weighted by atomic mass is 16.7. The van der Waals surface area contributed by atoms with Crippen LogP contribution in [-0.2, 0) is 29.2 Å². The van der Waals surface area contributed by atoms with Gasteiger partial charge < -0.3 is 30.3 Å². The van der Waals surface area contributed by atoms with Gasteiger partial charge in [0, 0.05) is 37.7 Å². The largest absolute Gasteiger partial charge is 0.392 e. The second-order valence-electron chi connectivity index (χ2n) is 11.6. The van der Waals surface area contributed by atoms with Crippen LogP contribution in [0.3, 0.4) is 0 Å². The van der Waals surface area contributed by atoms with Crippen LogP contribution >= 0.6 is 0 Å². The van der Waals surface area contributed by atoms with Gasteiger partial charge in [-0.1, -0.05) is 109 Å². The second-order valence-corrected chi connectivity index (χ2v) is 11.6. The Balaban J connectivity index is 1.23. The van der Waals surface area contributed by atoms with Crippen LogP contribution in [0.5, 0.6) is 0 Å². The van der Waals surface area contributed by atoms with E-state index >= 15 is 0 Å². The number of aliphatic hydroxyl groups is 2. The smallest absolute Gasteiger partial charge is 0.315 e. The summed E-state index contributed by atoms with van der Waals surface area (Å²) in [6, 6.07) is 34.9. The van der Waals surface area contributed by atoms with Crippen molar-refractivity contribution in [1.82, 2.24) is 15.5 Å². The molecule has 1 saturated heterocycles. The lowest BCUT2D eigenvalue weighted by molar-refractivity contribution is -0.253. The molecular formula is C37H43N3O5. The van der Waals surface area contributed by atoms with E-state index in [-0.39, 0.29) is 30.9 Å². The number of hydrogen-bond donors (Lipinski definition) is 4. The summed E-state index contributed by atoms with van der Waals surface area (Å²) in [6.45, 7) is 3.47. The van der Waals surface area contributed by atoms with Crippen LogP contribution in [-0.4, -0.2) is 46.9 Å². The van der Waals surface area contributed by atoms with Crippen molar-refractivity contribution in [2.45, 2.75) is 63.7 Å². The van der Waals surface area contributed by atoms with Crippen LogP contribution in [0, 0.1) is 0 Å². The zero-order valence-corrected chi connectivity index (χ0v) is 25.9. The summed E-state index contributed by atoms with van der Waals surface area (Å²) in [5, 5.41) is 26.3. The SMILES string of the molecule is CC(C(O)c1ccccc1)N(C)CC1CC(c2ccc(CO)cc2)OC(c2ccc(CNC(=O)NCc3ccccc3)cc2)O1. The maximum atomic E-state index is 12.3. The van der Waals surface area contributed by atoms with E-state index in [0.717, 1.165) is 33.4 Å². The molecule has 0 aliphatic carbocycles. The Labute approximate surface area is 265 Å². The van der Waals surface area contributed by atoms with Crippen molar-refractivity contribution < 1.29 is 24.5 Å². The van der Waals surface area contributed by atoms with E-state index in [0.29, 0.717) is 26.1 Å². The molecule has 5 rings (SSSR count). The van der Waals surface area contributed by atoms with Gasteiger partial charge in [-0.25, -0.2) is 4.79 Å². The van der Waals surface area contributed by atoms with E-state index in [9.17, 15) is 15.0 Å². The van der Waals surface area contributed by atoms with Gasteiger partial charge in [0.2, 0.25) is 0 Å². The Kier molecular flexibility index (Phi) is 11.4. The van der Waals surface area contributed by atoms with Crippen LogP contribution in [0.2, 0.25) is 0 Å². The van der Waals surface area contributed by atoms with Crippen molar-refractivity contribution in [2.24, 2.45) is 0 Å². The Morgan fingerprint density at radius 1 is 0.800 bits per heavy atom.